The number of carboxylic acid groups (broad SMARTS) is 1. The minimum atomic E-state index is -1.15. The number of carboxylic acids is 1. The number of carbonyl (C=O) groups is 2. The van der Waals surface area contributed by atoms with Crippen LogP contribution in [0.3, 0.4) is 0 Å². The van der Waals surface area contributed by atoms with Gasteiger partial charge < -0.3 is 14.4 Å². The highest BCUT2D eigenvalue weighted by molar-refractivity contribution is 5.93. The molecule has 5 nitrogen and oxygen atoms in total. The second kappa shape index (κ2) is 4.40. The molecule has 1 aromatic rings. The smallest absolute Gasteiger partial charge is 0.371 e. The first kappa shape index (κ1) is 12.3. The molecule has 2 heterocycles. The summed E-state index contributed by atoms with van der Waals surface area (Å²) in [6.45, 7) is 1.54. The Morgan fingerprint density at radius 2 is 1.84 bits per heavy atom. The molecule has 19 heavy (non-hydrogen) atoms. The lowest BCUT2D eigenvalue weighted by Gasteiger charge is -2.22. The van der Waals surface area contributed by atoms with Crippen LogP contribution in [0.15, 0.2) is 16.5 Å². The summed E-state index contributed by atoms with van der Waals surface area (Å²) in [5.41, 5.74) is 0.317. The van der Waals surface area contributed by atoms with Gasteiger partial charge in [-0.25, -0.2) is 4.79 Å². The van der Waals surface area contributed by atoms with Gasteiger partial charge in [0.1, 0.15) is 0 Å². The van der Waals surface area contributed by atoms with Crippen LogP contribution in [0.5, 0.6) is 0 Å². The molecule has 2 aliphatic rings. The molecule has 1 N–H and O–H groups in total. The molecule has 3 rings (SSSR count). The summed E-state index contributed by atoms with van der Waals surface area (Å²) in [6, 6.07) is 2.78. The molecule has 1 aliphatic carbocycles. The maximum absolute atomic E-state index is 12.3. The second-order valence-corrected chi connectivity index (χ2v) is 5.65. The highest BCUT2D eigenvalue weighted by Gasteiger charge is 2.42. The van der Waals surface area contributed by atoms with Crippen LogP contribution in [0.25, 0.3) is 0 Å². The van der Waals surface area contributed by atoms with Crippen molar-refractivity contribution >= 4 is 11.9 Å². The molecule has 102 valence electrons. The van der Waals surface area contributed by atoms with Crippen LogP contribution in [0, 0.1) is 5.41 Å². The van der Waals surface area contributed by atoms with Gasteiger partial charge in [-0.3, -0.25) is 4.79 Å². The van der Waals surface area contributed by atoms with Gasteiger partial charge in [0.25, 0.3) is 5.91 Å². The maximum atomic E-state index is 12.3. The van der Waals surface area contributed by atoms with Crippen molar-refractivity contribution in [3.05, 3.63) is 23.7 Å². The number of aromatic carboxylic acids is 1. The molecule has 1 aromatic heterocycles. The number of rotatable bonds is 2. The first-order chi connectivity index (χ1) is 9.10. The number of carbonyl (C=O) groups excluding carboxylic acids is 1. The van der Waals surface area contributed by atoms with Crippen LogP contribution in [0.1, 0.15) is 53.2 Å². The van der Waals surface area contributed by atoms with Gasteiger partial charge in [-0.1, -0.05) is 12.8 Å². The lowest BCUT2D eigenvalue weighted by Crippen LogP contribution is -2.30. The number of nitrogens with zero attached hydrogens (tertiary/aromatic N) is 1. The van der Waals surface area contributed by atoms with E-state index < -0.39 is 5.97 Å². The summed E-state index contributed by atoms with van der Waals surface area (Å²) in [4.78, 5) is 24.8. The largest absolute Gasteiger partial charge is 0.475 e. The van der Waals surface area contributed by atoms with Gasteiger partial charge in [0.15, 0.2) is 5.76 Å². The number of likely N-dealkylation sites (tertiary alicyclic amines) is 1. The van der Waals surface area contributed by atoms with Crippen molar-refractivity contribution in [3.8, 4) is 0 Å². The fourth-order valence-corrected chi connectivity index (χ4v) is 3.37. The Balaban J connectivity index is 1.72. The van der Waals surface area contributed by atoms with E-state index in [4.69, 9.17) is 9.52 Å². The lowest BCUT2D eigenvalue weighted by molar-refractivity contribution is 0.0651. The van der Waals surface area contributed by atoms with Gasteiger partial charge in [0.05, 0.1) is 0 Å². The molecule has 0 unspecified atom stereocenters. The van der Waals surface area contributed by atoms with Gasteiger partial charge >= 0.3 is 5.97 Å². The van der Waals surface area contributed by atoms with Crippen molar-refractivity contribution < 1.29 is 19.1 Å². The van der Waals surface area contributed by atoms with E-state index in [-0.39, 0.29) is 17.4 Å². The summed E-state index contributed by atoms with van der Waals surface area (Å²) in [5, 5.41) is 8.79. The van der Waals surface area contributed by atoms with Crippen LogP contribution in [0.2, 0.25) is 0 Å². The average molecular weight is 263 g/mol. The fraction of sp³-hybridized carbons (Fsp3) is 0.571. The molecule has 0 atom stereocenters. The molecular weight excluding hydrogens is 246 g/mol. The van der Waals surface area contributed by atoms with E-state index >= 15 is 0 Å². The SMILES string of the molecule is O=C(O)c1ccc(C(=O)N2CCC3(CCCC3)C2)o1. The number of furan rings is 1. The normalized spacial score (nSPS) is 21.2. The lowest BCUT2D eigenvalue weighted by atomic mass is 9.86. The minimum Gasteiger partial charge on any atom is -0.475 e. The van der Waals surface area contributed by atoms with E-state index in [1.165, 1.54) is 37.8 Å². The molecule has 2 fully saturated rings. The standard InChI is InChI=1S/C14H17NO4/c16-12(10-3-4-11(19-10)13(17)18)15-8-7-14(9-15)5-1-2-6-14/h3-4H,1-2,5-9H2,(H,17,18). The molecule has 1 saturated carbocycles. The van der Waals surface area contributed by atoms with Gasteiger partial charge in [0.2, 0.25) is 5.76 Å². The molecule has 1 saturated heterocycles. The molecule has 0 radical (unpaired) electrons. The van der Waals surface area contributed by atoms with Gasteiger partial charge in [-0.2, -0.15) is 0 Å². The van der Waals surface area contributed by atoms with E-state index in [0.717, 1.165) is 19.5 Å². The summed E-state index contributed by atoms with van der Waals surface area (Å²) >= 11 is 0. The number of hydrogen-bond acceptors (Lipinski definition) is 3. The van der Waals surface area contributed by atoms with E-state index in [1.54, 1.807) is 4.90 Å². The third kappa shape index (κ3) is 2.13. The summed E-state index contributed by atoms with van der Waals surface area (Å²) in [7, 11) is 0. The summed E-state index contributed by atoms with van der Waals surface area (Å²) < 4.78 is 5.08. The molecule has 0 aromatic carbocycles. The Morgan fingerprint density at radius 1 is 1.16 bits per heavy atom. The van der Waals surface area contributed by atoms with Gasteiger partial charge in [-0.05, 0) is 36.8 Å². The van der Waals surface area contributed by atoms with Crippen molar-refractivity contribution in [3.63, 3.8) is 0 Å². The number of amides is 1. The number of hydrogen-bond donors (Lipinski definition) is 1. The van der Waals surface area contributed by atoms with Gasteiger partial charge in [0, 0.05) is 13.1 Å². The third-order valence-corrected chi connectivity index (χ3v) is 4.42. The Bertz CT molecular complexity index is 513. The Kier molecular flexibility index (Phi) is 2.84. The monoisotopic (exact) mass is 263 g/mol. The van der Waals surface area contributed by atoms with Crippen molar-refractivity contribution in [1.29, 1.82) is 0 Å². The minimum absolute atomic E-state index is 0.132. The van der Waals surface area contributed by atoms with Crippen LogP contribution >= 0.6 is 0 Å². The zero-order valence-electron chi connectivity index (χ0n) is 10.7. The van der Waals surface area contributed by atoms with E-state index in [0.29, 0.717) is 5.41 Å². The first-order valence-corrected chi connectivity index (χ1v) is 6.72. The molecule has 0 bridgehead atoms. The molecule has 1 amide bonds. The van der Waals surface area contributed by atoms with Crippen LogP contribution in [-0.2, 0) is 0 Å². The fourth-order valence-electron chi connectivity index (χ4n) is 3.37. The van der Waals surface area contributed by atoms with Crippen LogP contribution in [0.4, 0.5) is 0 Å². The Morgan fingerprint density at radius 3 is 2.47 bits per heavy atom. The Hall–Kier alpha value is -1.78. The zero-order valence-corrected chi connectivity index (χ0v) is 10.7. The Labute approximate surface area is 111 Å². The van der Waals surface area contributed by atoms with E-state index in [9.17, 15) is 9.59 Å². The molecular formula is C14H17NO4. The summed E-state index contributed by atoms with van der Waals surface area (Å²) in [5.74, 6) is -1.38. The highest BCUT2D eigenvalue weighted by Crippen LogP contribution is 2.45. The van der Waals surface area contributed by atoms with Crippen LogP contribution < -0.4 is 0 Å². The second-order valence-electron chi connectivity index (χ2n) is 5.65. The van der Waals surface area contributed by atoms with Gasteiger partial charge in [-0.15, -0.1) is 0 Å². The summed E-state index contributed by atoms with van der Waals surface area (Å²) in [6.07, 6.45) is 5.98. The first-order valence-electron chi connectivity index (χ1n) is 6.72. The quantitative estimate of drug-likeness (QED) is 0.889. The van der Waals surface area contributed by atoms with Crippen molar-refractivity contribution in [2.24, 2.45) is 5.41 Å². The molecule has 5 heteroatoms. The molecule has 1 aliphatic heterocycles. The van der Waals surface area contributed by atoms with Crippen LogP contribution in [-0.4, -0.2) is 35.0 Å². The average Bonchev–Trinajstić information content (AvgIpc) is 3.11. The highest BCUT2D eigenvalue weighted by atomic mass is 16.4. The topological polar surface area (TPSA) is 70.8 Å². The third-order valence-electron chi connectivity index (χ3n) is 4.42. The molecule has 1 spiro atoms. The predicted molar refractivity (Wildman–Crippen MR) is 67.1 cm³/mol. The predicted octanol–water partition coefficient (Wildman–Crippen LogP) is 2.38. The maximum Gasteiger partial charge on any atom is 0.371 e. The van der Waals surface area contributed by atoms with Crippen molar-refractivity contribution in [1.82, 2.24) is 4.90 Å². The van der Waals surface area contributed by atoms with Crippen molar-refractivity contribution in [2.45, 2.75) is 32.1 Å². The van der Waals surface area contributed by atoms with E-state index in [1.807, 2.05) is 0 Å². The zero-order chi connectivity index (χ0) is 13.5. The van der Waals surface area contributed by atoms with Crippen molar-refractivity contribution in [2.75, 3.05) is 13.1 Å². The van der Waals surface area contributed by atoms with E-state index in [2.05, 4.69) is 0 Å².